The second kappa shape index (κ2) is 12.4. The molecule has 0 aliphatic heterocycles. The van der Waals surface area contributed by atoms with E-state index in [-0.39, 0.29) is 24.5 Å². The van der Waals surface area contributed by atoms with Gasteiger partial charge >= 0.3 is 0 Å². The van der Waals surface area contributed by atoms with Crippen LogP contribution in [0.5, 0.6) is 0 Å². The normalized spacial score (nSPS) is 8.50. The van der Waals surface area contributed by atoms with E-state index >= 15 is 0 Å². The van der Waals surface area contributed by atoms with Crippen LogP contribution in [0, 0.1) is 0 Å². The highest BCUT2D eigenvalue weighted by atomic mass is 35.5. The monoisotopic (exact) mass is 223 g/mol. The van der Waals surface area contributed by atoms with Crippen molar-refractivity contribution >= 4 is 18.3 Å². The molecule has 0 rings (SSSR count). The van der Waals surface area contributed by atoms with Crippen molar-refractivity contribution in [3.8, 4) is 0 Å². The first-order chi connectivity index (χ1) is 5.66. The van der Waals surface area contributed by atoms with Crippen molar-refractivity contribution in [2.45, 2.75) is 12.8 Å². The summed E-state index contributed by atoms with van der Waals surface area (Å²) < 4.78 is 0. The van der Waals surface area contributed by atoms with E-state index in [1.54, 1.807) is 0 Å². The van der Waals surface area contributed by atoms with Crippen LogP contribution in [0.2, 0.25) is 0 Å². The number of hydrogen-bond acceptors (Lipinski definition) is 3. The summed E-state index contributed by atoms with van der Waals surface area (Å²) >= 11 is 0. The molecule has 0 bridgehead atoms. The molecule has 0 heterocycles. The minimum absolute atomic E-state index is 0. The zero-order chi connectivity index (χ0) is 9.40. The number of nitrogens with zero attached hydrogens (tertiary/aromatic N) is 1. The molecule has 4 nitrogen and oxygen atoms in total. The van der Waals surface area contributed by atoms with Gasteiger partial charge in [-0.05, 0) is 39.6 Å². The number of hydrogen-bond donors (Lipinski definition) is 2. The van der Waals surface area contributed by atoms with Crippen molar-refractivity contribution in [1.29, 1.82) is 0 Å². The van der Waals surface area contributed by atoms with Crippen molar-refractivity contribution in [3.63, 3.8) is 0 Å². The smallest absolute Gasteiger partial charge is 0.243 e. The van der Waals surface area contributed by atoms with Gasteiger partial charge in [0.1, 0.15) is 0 Å². The van der Waals surface area contributed by atoms with Gasteiger partial charge in [-0.25, -0.2) is 0 Å². The minimum atomic E-state index is -0.0835. The highest BCUT2D eigenvalue weighted by Crippen LogP contribution is 1.88. The van der Waals surface area contributed by atoms with Gasteiger partial charge in [0.15, 0.2) is 0 Å². The van der Waals surface area contributed by atoms with E-state index in [0.717, 1.165) is 25.9 Å². The van der Waals surface area contributed by atoms with E-state index in [1.165, 1.54) is 6.08 Å². The van der Waals surface area contributed by atoms with Crippen molar-refractivity contribution in [2.75, 3.05) is 27.2 Å². The molecule has 0 saturated carbocycles. The van der Waals surface area contributed by atoms with E-state index in [0.29, 0.717) is 0 Å². The number of unbranched alkanes of at least 4 members (excludes halogenated alkanes) is 1. The van der Waals surface area contributed by atoms with Gasteiger partial charge in [0.2, 0.25) is 5.91 Å². The molecule has 0 saturated heterocycles. The van der Waals surface area contributed by atoms with E-state index in [9.17, 15) is 4.79 Å². The van der Waals surface area contributed by atoms with Crippen molar-refractivity contribution in [1.82, 2.24) is 16.4 Å². The predicted octanol–water partition coefficient (Wildman–Crippen LogP) is 1.21. The molecule has 4 N–H and O–H groups in total. The van der Waals surface area contributed by atoms with E-state index in [4.69, 9.17) is 0 Å². The Morgan fingerprint density at radius 3 is 2.43 bits per heavy atom. The zero-order valence-electron chi connectivity index (χ0n) is 9.08. The van der Waals surface area contributed by atoms with Crippen LogP contribution in [0.3, 0.4) is 0 Å². The van der Waals surface area contributed by atoms with Gasteiger partial charge in [0.25, 0.3) is 0 Å². The third-order valence-electron chi connectivity index (χ3n) is 1.52. The zero-order valence-corrected chi connectivity index (χ0v) is 9.90. The van der Waals surface area contributed by atoms with Crippen LogP contribution in [0.15, 0.2) is 12.7 Å². The van der Waals surface area contributed by atoms with Crippen molar-refractivity contribution in [3.05, 3.63) is 12.7 Å². The van der Waals surface area contributed by atoms with Crippen molar-refractivity contribution < 1.29 is 4.79 Å². The molecule has 0 aliphatic carbocycles. The first kappa shape index (κ1) is 19.1. The van der Waals surface area contributed by atoms with Gasteiger partial charge in [0.05, 0.1) is 0 Å². The lowest BCUT2D eigenvalue weighted by atomic mass is 10.3. The SMILES string of the molecule is C=CC(=O)NCCCCN(C)C.Cl.N. The van der Waals surface area contributed by atoms with Crippen LogP contribution in [0.25, 0.3) is 0 Å². The lowest BCUT2D eigenvalue weighted by molar-refractivity contribution is -0.116. The number of rotatable bonds is 6. The molecule has 1 amide bonds. The standard InChI is InChI=1S/C9H18N2O.ClH.H3N/c1-4-9(12)10-7-5-6-8-11(2)3;;/h4H,1,5-8H2,2-3H3,(H,10,12);1H;1H3. The third-order valence-corrected chi connectivity index (χ3v) is 1.52. The Morgan fingerprint density at radius 1 is 1.43 bits per heavy atom. The minimum Gasteiger partial charge on any atom is -0.353 e. The lowest BCUT2D eigenvalue weighted by Crippen LogP contribution is -2.23. The molecule has 0 unspecified atom stereocenters. The van der Waals surface area contributed by atoms with E-state index in [2.05, 4.69) is 16.8 Å². The fourth-order valence-corrected chi connectivity index (χ4v) is 0.837. The molecule has 0 aromatic carbocycles. The first-order valence-corrected chi connectivity index (χ1v) is 4.22. The number of carbonyl (C=O) groups excluding carboxylic acids is 1. The van der Waals surface area contributed by atoms with Gasteiger partial charge < -0.3 is 16.4 Å². The average Bonchev–Trinajstić information content (AvgIpc) is 2.03. The lowest BCUT2D eigenvalue weighted by Gasteiger charge is -2.08. The maximum atomic E-state index is 10.7. The van der Waals surface area contributed by atoms with E-state index in [1.807, 2.05) is 14.1 Å². The number of carbonyl (C=O) groups is 1. The quantitative estimate of drug-likeness (QED) is 0.526. The second-order valence-electron chi connectivity index (χ2n) is 3.01. The highest BCUT2D eigenvalue weighted by molar-refractivity contribution is 5.86. The van der Waals surface area contributed by atoms with Gasteiger partial charge in [-0.1, -0.05) is 6.58 Å². The predicted molar refractivity (Wildman–Crippen MR) is 63.3 cm³/mol. The maximum absolute atomic E-state index is 10.7. The van der Waals surface area contributed by atoms with Crippen LogP contribution in [0.4, 0.5) is 0 Å². The Labute approximate surface area is 92.7 Å². The highest BCUT2D eigenvalue weighted by Gasteiger charge is 1.93. The largest absolute Gasteiger partial charge is 0.353 e. The molecule has 0 aromatic rings. The summed E-state index contributed by atoms with van der Waals surface area (Å²) in [6.07, 6.45) is 3.44. The molecule has 0 fully saturated rings. The molecular formula is C9H22ClN3O. The van der Waals surface area contributed by atoms with E-state index < -0.39 is 0 Å². The molecule has 0 atom stereocenters. The maximum Gasteiger partial charge on any atom is 0.243 e. The third kappa shape index (κ3) is 14.0. The molecule has 14 heavy (non-hydrogen) atoms. The van der Waals surface area contributed by atoms with Gasteiger partial charge in [0, 0.05) is 6.54 Å². The molecule has 0 radical (unpaired) electrons. The summed E-state index contributed by atoms with van der Waals surface area (Å²) in [6.45, 7) is 5.19. The summed E-state index contributed by atoms with van der Waals surface area (Å²) in [5.41, 5.74) is 0. The number of nitrogens with one attached hydrogen (secondary N) is 1. The molecule has 0 aliphatic rings. The Kier molecular flexibility index (Phi) is 16.9. The Balaban J connectivity index is -0.000000605. The molecule has 5 heteroatoms. The Morgan fingerprint density at radius 2 is 2.00 bits per heavy atom. The average molecular weight is 224 g/mol. The van der Waals surface area contributed by atoms with Gasteiger partial charge in [-0.3, -0.25) is 4.79 Å². The van der Waals surface area contributed by atoms with Crippen LogP contribution in [-0.2, 0) is 4.79 Å². The van der Waals surface area contributed by atoms with Crippen LogP contribution in [0.1, 0.15) is 12.8 Å². The van der Waals surface area contributed by atoms with Gasteiger partial charge in [-0.15, -0.1) is 12.4 Å². The first-order valence-electron chi connectivity index (χ1n) is 4.22. The number of halogens is 1. The Bertz CT molecular complexity index is 151. The van der Waals surface area contributed by atoms with Gasteiger partial charge in [-0.2, -0.15) is 0 Å². The van der Waals surface area contributed by atoms with Crippen molar-refractivity contribution in [2.24, 2.45) is 0 Å². The Hall–Kier alpha value is -0.580. The van der Waals surface area contributed by atoms with Crippen LogP contribution < -0.4 is 11.5 Å². The number of amides is 1. The molecular weight excluding hydrogens is 202 g/mol. The summed E-state index contributed by atoms with van der Waals surface area (Å²) in [5.74, 6) is -0.0835. The fourth-order valence-electron chi connectivity index (χ4n) is 0.837. The second-order valence-corrected chi connectivity index (χ2v) is 3.01. The molecule has 86 valence electrons. The topological polar surface area (TPSA) is 67.3 Å². The molecule has 0 spiro atoms. The summed E-state index contributed by atoms with van der Waals surface area (Å²) in [7, 11) is 4.09. The summed E-state index contributed by atoms with van der Waals surface area (Å²) in [6, 6.07) is 0. The van der Waals surface area contributed by atoms with Crippen LogP contribution in [-0.4, -0.2) is 38.0 Å². The van der Waals surface area contributed by atoms with Crippen LogP contribution >= 0.6 is 12.4 Å². The summed E-state index contributed by atoms with van der Waals surface area (Å²) in [4.78, 5) is 12.8. The summed E-state index contributed by atoms with van der Waals surface area (Å²) in [5, 5.41) is 2.73. The molecule has 0 aromatic heterocycles. The fraction of sp³-hybridized carbons (Fsp3) is 0.667.